The molecule has 18 heavy (non-hydrogen) atoms. The minimum atomic E-state index is 0.0628. The second-order valence-corrected chi connectivity index (χ2v) is 3.86. The molecule has 6 nitrogen and oxygen atoms in total. The third kappa shape index (κ3) is 3.21. The Morgan fingerprint density at radius 3 is 2.72 bits per heavy atom. The fourth-order valence-corrected chi connectivity index (χ4v) is 1.63. The van der Waals surface area contributed by atoms with Crippen LogP contribution in [0.3, 0.4) is 0 Å². The Morgan fingerprint density at radius 2 is 2.00 bits per heavy atom. The van der Waals surface area contributed by atoms with E-state index in [1.165, 1.54) is 0 Å². The number of halogens is 1. The zero-order valence-corrected chi connectivity index (χ0v) is 10.6. The van der Waals surface area contributed by atoms with Crippen LogP contribution in [0.5, 0.6) is 0 Å². The highest BCUT2D eigenvalue weighted by Gasteiger charge is 2.03. The van der Waals surface area contributed by atoms with Gasteiger partial charge in [0.05, 0.1) is 0 Å². The highest BCUT2D eigenvalue weighted by molar-refractivity contribution is 6.28. The highest BCUT2D eigenvalue weighted by atomic mass is 35.5. The number of nitrogen functional groups attached to an aromatic ring is 1. The fourth-order valence-electron chi connectivity index (χ4n) is 1.46. The van der Waals surface area contributed by atoms with Crippen molar-refractivity contribution in [2.75, 3.05) is 22.9 Å². The summed E-state index contributed by atoms with van der Waals surface area (Å²) in [6, 6.07) is 7.74. The van der Waals surface area contributed by atoms with Crippen LogP contribution in [-0.2, 0) is 0 Å². The van der Waals surface area contributed by atoms with Gasteiger partial charge in [0.15, 0.2) is 0 Å². The second kappa shape index (κ2) is 5.50. The zero-order chi connectivity index (χ0) is 13.0. The third-order valence-corrected chi connectivity index (χ3v) is 2.29. The lowest BCUT2D eigenvalue weighted by atomic mass is 10.3. The summed E-state index contributed by atoms with van der Waals surface area (Å²) in [7, 11) is 0. The van der Waals surface area contributed by atoms with Gasteiger partial charge in [0.1, 0.15) is 0 Å². The Morgan fingerprint density at radius 1 is 1.22 bits per heavy atom. The molecular formula is C11H13ClN6. The van der Waals surface area contributed by atoms with E-state index in [-0.39, 0.29) is 11.2 Å². The lowest BCUT2D eigenvalue weighted by Gasteiger charge is -2.08. The molecule has 0 aliphatic carbocycles. The molecule has 4 N–H and O–H groups in total. The number of nitrogens with zero attached hydrogens (tertiary/aromatic N) is 3. The zero-order valence-electron chi connectivity index (χ0n) is 9.81. The molecule has 0 saturated carbocycles. The van der Waals surface area contributed by atoms with E-state index < -0.39 is 0 Å². The minimum absolute atomic E-state index is 0.0628. The number of rotatable bonds is 4. The predicted octanol–water partition coefficient (Wildman–Crippen LogP) is 2.28. The molecule has 94 valence electrons. The first-order valence-corrected chi connectivity index (χ1v) is 5.83. The smallest absolute Gasteiger partial charge is 0.233 e. The van der Waals surface area contributed by atoms with Crippen molar-refractivity contribution in [1.82, 2.24) is 15.0 Å². The molecule has 0 spiro atoms. The molecule has 0 saturated heterocycles. The number of hydrogen-bond donors (Lipinski definition) is 3. The van der Waals surface area contributed by atoms with Crippen LogP contribution in [0.4, 0.5) is 23.3 Å². The van der Waals surface area contributed by atoms with Crippen LogP contribution in [0, 0.1) is 0 Å². The second-order valence-electron chi connectivity index (χ2n) is 3.52. The summed E-state index contributed by atoms with van der Waals surface area (Å²) < 4.78 is 0. The molecular weight excluding hydrogens is 252 g/mol. The number of nitrogens with one attached hydrogen (secondary N) is 2. The summed E-state index contributed by atoms with van der Waals surface area (Å²) >= 11 is 5.70. The molecule has 7 heteroatoms. The van der Waals surface area contributed by atoms with E-state index in [1.54, 1.807) is 0 Å². The Labute approximate surface area is 110 Å². The van der Waals surface area contributed by atoms with Gasteiger partial charge in [-0.2, -0.15) is 15.0 Å². The summed E-state index contributed by atoms with van der Waals surface area (Å²) in [5, 5.41) is 6.29. The number of nitrogens with two attached hydrogens (primary N) is 1. The van der Waals surface area contributed by atoms with Gasteiger partial charge in [0.25, 0.3) is 0 Å². The fraction of sp³-hybridized carbons (Fsp3) is 0.182. The predicted molar refractivity (Wildman–Crippen MR) is 73.1 cm³/mol. The van der Waals surface area contributed by atoms with Crippen LogP contribution >= 0.6 is 11.6 Å². The summed E-state index contributed by atoms with van der Waals surface area (Å²) in [4.78, 5) is 11.6. The van der Waals surface area contributed by atoms with Gasteiger partial charge in [-0.05, 0) is 36.7 Å². The standard InChI is InChI=1S/C11H13ClN6/c1-2-14-7-4-3-5-8(6-7)15-11-17-9(12)16-10(13)18-11/h3-6,14H,2H2,1H3,(H3,13,15,16,17,18). The summed E-state index contributed by atoms with van der Waals surface area (Å²) in [6.45, 7) is 2.89. The van der Waals surface area contributed by atoms with Gasteiger partial charge in [0.2, 0.25) is 17.2 Å². The Hall–Kier alpha value is -2.08. The maximum atomic E-state index is 5.70. The van der Waals surface area contributed by atoms with Crippen LogP contribution in [-0.4, -0.2) is 21.5 Å². The van der Waals surface area contributed by atoms with E-state index in [0.29, 0.717) is 5.95 Å². The largest absolute Gasteiger partial charge is 0.385 e. The molecule has 0 bridgehead atoms. The van der Waals surface area contributed by atoms with Crippen molar-refractivity contribution < 1.29 is 0 Å². The summed E-state index contributed by atoms with van der Waals surface area (Å²) in [5.41, 5.74) is 7.34. The van der Waals surface area contributed by atoms with Gasteiger partial charge in [-0.3, -0.25) is 0 Å². The van der Waals surface area contributed by atoms with Crippen molar-refractivity contribution in [3.8, 4) is 0 Å². The molecule has 0 amide bonds. The Balaban J connectivity index is 2.20. The molecule has 0 fully saturated rings. The lowest BCUT2D eigenvalue weighted by molar-refractivity contribution is 1.07. The van der Waals surface area contributed by atoms with E-state index >= 15 is 0 Å². The minimum Gasteiger partial charge on any atom is -0.385 e. The van der Waals surface area contributed by atoms with E-state index in [9.17, 15) is 0 Å². The Bertz CT molecular complexity index is 525. The highest BCUT2D eigenvalue weighted by Crippen LogP contribution is 2.18. The summed E-state index contributed by atoms with van der Waals surface area (Å²) in [6.07, 6.45) is 0. The lowest BCUT2D eigenvalue weighted by Crippen LogP contribution is -2.03. The van der Waals surface area contributed by atoms with Gasteiger partial charge in [-0.1, -0.05) is 6.07 Å². The van der Waals surface area contributed by atoms with Crippen LogP contribution < -0.4 is 16.4 Å². The van der Waals surface area contributed by atoms with Crippen LogP contribution in [0.25, 0.3) is 0 Å². The maximum absolute atomic E-state index is 5.70. The van der Waals surface area contributed by atoms with Crippen molar-refractivity contribution in [2.45, 2.75) is 6.92 Å². The molecule has 0 radical (unpaired) electrons. The summed E-state index contributed by atoms with van der Waals surface area (Å²) in [5.74, 6) is 0.404. The SMILES string of the molecule is CCNc1cccc(Nc2nc(N)nc(Cl)n2)c1. The average Bonchev–Trinajstić information content (AvgIpc) is 2.28. The van der Waals surface area contributed by atoms with Gasteiger partial charge in [-0.15, -0.1) is 0 Å². The number of aromatic nitrogens is 3. The quantitative estimate of drug-likeness (QED) is 0.785. The van der Waals surface area contributed by atoms with Gasteiger partial charge in [0, 0.05) is 17.9 Å². The van der Waals surface area contributed by atoms with Crippen molar-refractivity contribution in [1.29, 1.82) is 0 Å². The first-order chi connectivity index (χ1) is 8.67. The molecule has 2 rings (SSSR count). The van der Waals surface area contributed by atoms with E-state index in [4.69, 9.17) is 17.3 Å². The monoisotopic (exact) mass is 264 g/mol. The van der Waals surface area contributed by atoms with Gasteiger partial charge in [-0.25, -0.2) is 0 Å². The number of hydrogen-bond acceptors (Lipinski definition) is 6. The number of anilines is 4. The molecule has 0 aliphatic heterocycles. The van der Waals surface area contributed by atoms with E-state index in [2.05, 4.69) is 25.6 Å². The van der Waals surface area contributed by atoms with E-state index in [0.717, 1.165) is 17.9 Å². The average molecular weight is 265 g/mol. The van der Waals surface area contributed by atoms with Crippen molar-refractivity contribution in [3.05, 3.63) is 29.5 Å². The third-order valence-electron chi connectivity index (χ3n) is 2.13. The molecule has 1 aromatic heterocycles. The van der Waals surface area contributed by atoms with Gasteiger partial charge < -0.3 is 16.4 Å². The van der Waals surface area contributed by atoms with Crippen molar-refractivity contribution in [3.63, 3.8) is 0 Å². The van der Waals surface area contributed by atoms with Gasteiger partial charge >= 0.3 is 0 Å². The molecule has 0 atom stereocenters. The molecule has 1 heterocycles. The Kier molecular flexibility index (Phi) is 3.78. The normalized spacial score (nSPS) is 10.1. The van der Waals surface area contributed by atoms with E-state index in [1.807, 2.05) is 31.2 Å². The van der Waals surface area contributed by atoms with Crippen molar-refractivity contribution in [2.24, 2.45) is 0 Å². The topological polar surface area (TPSA) is 88.8 Å². The number of benzene rings is 1. The first-order valence-electron chi connectivity index (χ1n) is 5.45. The van der Waals surface area contributed by atoms with Crippen LogP contribution in [0.15, 0.2) is 24.3 Å². The molecule has 0 unspecified atom stereocenters. The van der Waals surface area contributed by atoms with Crippen LogP contribution in [0.2, 0.25) is 5.28 Å². The first kappa shape index (κ1) is 12.4. The molecule has 2 aromatic rings. The van der Waals surface area contributed by atoms with Crippen molar-refractivity contribution >= 4 is 34.9 Å². The molecule has 1 aromatic carbocycles. The van der Waals surface area contributed by atoms with Crippen LogP contribution in [0.1, 0.15) is 6.92 Å². The maximum Gasteiger partial charge on any atom is 0.233 e. The molecule has 0 aliphatic rings.